The van der Waals surface area contributed by atoms with Gasteiger partial charge in [-0.25, -0.2) is 0 Å². The zero-order valence-corrected chi connectivity index (χ0v) is 5.52. The number of carbonyl (C=O) groups excluding carboxylic acids is 1. The molecule has 6 nitrogen and oxygen atoms in total. The summed E-state index contributed by atoms with van der Waals surface area (Å²) in [5.41, 5.74) is 0. The van der Waals surface area contributed by atoms with Gasteiger partial charge in [-0.05, 0) is 0 Å². The minimum atomic E-state index is -3.03. The van der Waals surface area contributed by atoms with Crippen molar-refractivity contribution in [2.75, 3.05) is 0 Å². The molecule has 0 rings (SSSR count). The van der Waals surface area contributed by atoms with Crippen molar-refractivity contribution in [3.8, 4) is 0 Å². The SMILES string of the molecule is O=CN(S(=O)[O-])S(=O)[O-]. The third-order valence-electron chi connectivity index (χ3n) is 0.380. The van der Waals surface area contributed by atoms with E-state index in [1.807, 2.05) is 0 Å². The largest absolute Gasteiger partial charge is 0.754 e. The molecule has 0 heterocycles. The van der Waals surface area contributed by atoms with Crippen LogP contribution in [0.4, 0.5) is 0 Å². The third kappa shape index (κ3) is 2.65. The monoisotopic (exact) mass is 171 g/mol. The summed E-state index contributed by atoms with van der Waals surface area (Å²) in [6, 6.07) is 0. The lowest BCUT2D eigenvalue weighted by molar-refractivity contribution is -0.111. The zero-order valence-electron chi connectivity index (χ0n) is 3.88. The van der Waals surface area contributed by atoms with E-state index in [1.165, 1.54) is 0 Å². The molecule has 2 unspecified atom stereocenters. The Balaban J connectivity index is 4.16. The summed E-state index contributed by atoms with van der Waals surface area (Å²) in [7, 11) is 0. The average Bonchev–Trinajstić information content (AvgIpc) is 1.64. The summed E-state index contributed by atoms with van der Waals surface area (Å²) in [5, 5.41) is 0. The number of rotatable bonds is 3. The first-order chi connectivity index (χ1) is 4.09. The molecule has 1 amide bonds. The molecule has 0 bridgehead atoms. The van der Waals surface area contributed by atoms with Crippen LogP contribution in [-0.2, 0) is 27.3 Å². The van der Waals surface area contributed by atoms with Gasteiger partial charge >= 0.3 is 0 Å². The first kappa shape index (κ1) is 8.69. The summed E-state index contributed by atoms with van der Waals surface area (Å²) in [6.07, 6.45) is -0.327. The van der Waals surface area contributed by atoms with Crippen molar-refractivity contribution in [1.29, 1.82) is 0 Å². The van der Waals surface area contributed by atoms with Crippen LogP contribution in [0, 0.1) is 0 Å². The van der Waals surface area contributed by atoms with Crippen molar-refractivity contribution < 1.29 is 22.3 Å². The number of hydrogen-bond donors (Lipinski definition) is 0. The molecule has 0 aliphatic heterocycles. The van der Waals surface area contributed by atoms with Crippen molar-refractivity contribution in [1.82, 2.24) is 3.71 Å². The molecule has 0 spiro atoms. The molecule has 0 fully saturated rings. The Morgan fingerprint density at radius 1 is 1.22 bits per heavy atom. The second-order valence-electron chi connectivity index (χ2n) is 0.825. The Morgan fingerprint density at radius 3 is 1.56 bits per heavy atom. The minimum Gasteiger partial charge on any atom is -0.754 e. The molecule has 0 aromatic carbocycles. The Hall–Kier alpha value is -0.310. The lowest BCUT2D eigenvalue weighted by Gasteiger charge is -2.19. The molecule has 54 valence electrons. The van der Waals surface area contributed by atoms with Gasteiger partial charge in [0, 0.05) is 0 Å². The van der Waals surface area contributed by atoms with E-state index in [-0.39, 0.29) is 10.1 Å². The van der Waals surface area contributed by atoms with E-state index in [0.29, 0.717) is 0 Å². The van der Waals surface area contributed by atoms with Gasteiger partial charge in [-0.3, -0.25) is 13.2 Å². The van der Waals surface area contributed by atoms with Gasteiger partial charge in [0.1, 0.15) is 0 Å². The minimum absolute atomic E-state index is 0.327. The van der Waals surface area contributed by atoms with Crippen LogP contribution in [0.25, 0.3) is 0 Å². The van der Waals surface area contributed by atoms with E-state index in [4.69, 9.17) is 0 Å². The number of amides is 1. The van der Waals surface area contributed by atoms with Gasteiger partial charge in [-0.15, -0.1) is 0 Å². The molecule has 2 atom stereocenters. The van der Waals surface area contributed by atoms with Crippen molar-refractivity contribution in [3.05, 3.63) is 0 Å². The fraction of sp³-hybridized carbons (Fsp3) is 0. The van der Waals surface area contributed by atoms with Crippen LogP contribution in [0.5, 0.6) is 0 Å². The first-order valence-electron chi connectivity index (χ1n) is 1.53. The predicted molar refractivity (Wildman–Crippen MR) is 25.7 cm³/mol. The molecule has 0 radical (unpaired) electrons. The van der Waals surface area contributed by atoms with E-state index in [1.54, 1.807) is 0 Å². The highest BCUT2D eigenvalue weighted by molar-refractivity contribution is 7.93. The van der Waals surface area contributed by atoms with E-state index in [2.05, 4.69) is 0 Å². The van der Waals surface area contributed by atoms with Crippen LogP contribution >= 0.6 is 0 Å². The van der Waals surface area contributed by atoms with Gasteiger partial charge in [0.25, 0.3) is 0 Å². The molecule has 0 N–H and O–H groups in total. The number of carbonyl (C=O) groups is 1. The highest BCUT2D eigenvalue weighted by Crippen LogP contribution is 1.88. The second-order valence-corrected chi connectivity index (χ2v) is 2.71. The summed E-state index contributed by atoms with van der Waals surface area (Å²) in [5.74, 6) is 0. The van der Waals surface area contributed by atoms with Crippen LogP contribution in [0.3, 0.4) is 0 Å². The summed E-state index contributed by atoms with van der Waals surface area (Å²) in [4.78, 5) is 9.53. The van der Waals surface area contributed by atoms with Gasteiger partial charge in [0.05, 0.1) is 22.5 Å². The maximum Gasteiger partial charge on any atom is 0.232 e. The van der Waals surface area contributed by atoms with Gasteiger partial charge in [0.2, 0.25) is 6.41 Å². The molecule has 0 aromatic rings. The van der Waals surface area contributed by atoms with Crippen molar-refractivity contribution in [3.63, 3.8) is 0 Å². The highest BCUT2D eigenvalue weighted by atomic mass is 32.3. The molecular formula is CHNO5S2-2. The number of nitrogens with zero attached hydrogens (tertiary/aromatic N) is 1. The smallest absolute Gasteiger partial charge is 0.232 e. The third-order valence-corrected chi connectivity index (χ3v) is 1.87. The van der Waals surface area contributed by atoms with Gasteiger partial charge < -0.3 is 9.11 Å². The molecule has 0 saturated heterocycles. The molecule has 9 heavy (non-hydrogen) atoms. The van der Waals surface area contributed by atoms with Crippen LogP contribution in [0.15, 0.2) is 0 Å². The first-order valence-corrected chi connectivity index (χ1v) is 3.59. The quantitative estimate of drug-likeness (QED) is 0.362. The van der Waals surface area contributed by atoms with E-state index >= 15 is 0 Å². The van der Waals surface area contributed by atoms with Crippen LogP contribution in [-0.4, -0.2) is 27.6 Å². The topological polar surface area (TPSA) is 101 Å². The molecule has 0 saturated carbocycles. The Morgan fingerprint density at radius 2 is 1.56 bits per heavy atom. The second kappa shape index (κ2) is 3.67. The highest BCUT2D eigenvalue weighted by Gasteiger charge is 1.98. The van der Waals surface area contributed by atoms with Crippen molar-refractivity contribution in [2.45, 2.75) is 0 Å². The standard InChI is InChI=1S/CH3NO5S2/c3-1-2(8(4)5)9(6)7/h1H,(H,4,5)(H,6,7)/p-2. The van der Waals surface area contributed by atoms with Crippen molar-refractivity contribution >= 4 is 28.9 Å². The van der Waals surface area contributed by atoms with Gasteiger partial charge in [-0.2, -0.15) is 3.71 Å². The fourth-order valence-corrected chi connectivity index (χ4v) is 0.658. The summed E-state index contributed by atoms with van der Waals surface area (Å²) in [6.45, 7) is 0. The molecule has 0 aliphatic carbocycles. The van der Waals surface area contributed by atoms with Crippen LogP contribution < -0.4 is 0 Å². The maximum atomic E-state index is 9.67. The van der Waals surface area contributed by atoms with Crippen molar-refractivity contribution in [2.24, 2.45) is 0 Å². The summed E-state index contributed by atoms with van der Waals surface area (Å²) >= 11 is -6.06. The molecular weight excluding hydrogens is 170 g/mol. The maximum absolute atomic E-state index is 9.67. The van der Waals surface area contributed by atoms with Gasteiger partial charge in [-0.1, -0.05) is 0 Å². The van der Waals surface area contributed by atoms with E-state index in [0.717, 1.165) is 0 Å². The molecule has 0 aliphatic rings. The molecule has 8 heteroatoms. The predicted octanol–water partition coefficient (Wildman–Crippen LogP) is -1.97. The van der Waals surface area contributed by atoms with Crippen LogP contribution in [0.2, 0.25) is 0 Å². The Kier molecular flexibility index (Phi) is 3.54. The fourth-order valence-electron chi connectivity index (χ4n) is 0.120. The normalized spacial score (nSPS) is 16.2. The van der Waals surface area contributed by atoms with Gasteiger partial charge in [0.15, 0.2) is 0 Å². The Labute approximate surface area is 55.7 Å². The summed E-state index contributed by atoms with van der Waals surface area (Å²) < 4.78 is 38.3. The average molecular weight is 171 g/mol. The lowest BCUT2D eigenvalue weighted by atomic mass is 11.5. The Bertz CT molecular complexity index is 141. The zero-order chi connectivity index (χ0) is 7.44. The van der Waals surface area contributed by atoms with Crippen LogP contribution in [0.1, 0.15) is 0 Å². The van der Waals surface area contributed by atoms with E-state index in [9.17, 15) is 22.3 Å². The van der Waals surface area contributed by atoms with E-state index < -0.39 is 22.5 Å². The molecule has 0 aromatic heterocycles. The lowest BCUT2D eigenvalue weighted by Crippen LogP contribution is -2.25. The number of hydrogen-bond acceptors (Lipinski definition) is 5.